The number of nitrogens with one attached hydrogen (secondary N) is 3. The number of hydrogen-bond acceptors (Lipinski definition) is 4. The fourth-order valence-electron chi connectivity index (χ4n) is 3.20. The number of carbonyl (C=O) groups excluding carboxylic acids is 2. The van der Waals surface area contributed by atoms with E-state index in [0.29, 0.717) is 18.1 Å². The summed E-state index contributed by atoms with van der Waals surface area (Å²) in [5, 5.41) is 17.9. The van der Waals surface area contributed by atoms with Gasteiger partial charge in [-0.2, -0.15) is 11.8 Å². The minimum atomic E-state index is -0.849. The molecule has 2 heterocycles. The number of thioether (sulfide) groups is 1. The van der Waals surface area contributed by atoms with Gasteiger partial charge < -0.3 is 21.1 Å². The minimum Gasteiger partial charge on any atom is -0.481 e. The number of unbranched alkanes of at least 4 members (excludes halogenated alkanes) is 1. The first-order valence-electron chi connectivity index (χ1n) is 8.48. The fraction of sp³-hybridized carbons (Fsp3) is 0.812. The lowest BCUT2D eigenvalue weighted by molar-refractivity contribution is -0.137. The molecule has 2 fully saturated rings. The maximum atomic E-state index is 12.0. The minimum absolute atomic E-state index is 0.0295. The van der Waals surface area contributed by atoms with Crippen LogP contribution in [0, 0.1) is 0 Å². The molecule has 24 heavy (non-hydrogen) atoms. The molecule has 0 radical (unpaired) electrons. The number of aliphatic carboxylic acids is 1. The summed E-state index contributed by atoms with van der Waals surface area (Å²) in [4.78, 5) is 33.9. The quantitative estimate of drug-likeness (QED) is 0.369. The van der Waals surface area contributed by atoms with Gasteiger partial charge in [0.05, 0.1) is 12.1 Å². The number of fused-ring (bicyclic) bond motifs is 1. The summed E-state index contributed by atoms with van der Waals surface area (Å²) < 4.78 is 0. The van der Waals surface area contributed by atoms with Crippen LogP contribution in [0.1, 0.15) is 52.4 Å². The van der Waals surface area contributed by atoms with Crippen LogP contribution in [-0.2, 0) is 9.59 Å². The second kappa shape index (κ2) is 8.09. The van der Waals surface area contributed by atoms with E-state index < -0.39 is 11.5 Å². The van der Waals surface area contributed by atoms with Crippen LogP contribution >= 0.6 is 11.8 Å². The van der Waals surface area contributed by atoms with Crippen LogP contribution in [0.25, 0.3) is 0 Å². The Hall–Kier alpha value is -1.44. The Balaban J connectivity index is 1.61. The van der Waals surface area contributed by atoms with Gasteiger partial charge in [-0.15, -0.1) is 0 Å². The highest BCUT2D eigenvalue weighted by Gasteiger charge is 2.42. The van der Waals surface area contributed by atoms with E-state index in [4.69, 9.17) is 5.11 Å². The van der Waals surface area contributed by atoms with E-state index in [0.717, 1.165) is 25.0 Å². The molecule has 0 aromatic heterocycles. The van der Waals surface area contributed by atoms with Gasteiger partial charge in [0.25, 0.3) is 0 Å². The molecule has 0 bridgehead atoms. The van der Waals surface area contributed by atoms with Crippen LogP contribution in [0.4, 0.5) is 4.79 Å². The highest BCUT2D eigenvalue weighted by atomic mass is 32.2. The van der Waals surface area contributed by atoms with Crippen LogP contribution in [0.2, 0.25) is 0 Å². The number of hydrogen-bond donors (Lipinski definition) is 4. The molecule has 3 atom stereocenters. The molecule has 0 unspecified atom stereocenters. The van der Waals surface area contributed by atoms with Crippen molar-refractivity contribution in [3.8, 4) is 0 Å². The number of amides is 3. The van der Waals surface area contributed by atoms with Crippen LogP contribution in [-0.4, -0.2) is 51.6 Å². The van der Waals surface area contributed by atoms with Gasteiger partial charge in [-0.1, -0.05) is 6.42 Å². The van der Waals surface area contributed by atoms with Gasteiger partial charge in [-0.05, 0) is 33.1 Å². The molecule has 0 aliphatic carbocycles. The molecular formula is C16H27N3O4S. The molecule has 0 saturated carbocycles. The first kappa shape index (κ1) is 18.9. The third-order valence-electron chi connectivity index (χ3n) is 4.52. The Morgan fingerprint density at radius 3 is 2.75 bits per heavy atom. The molecule has 0 spiro atoms. The van der Waals surface area contributed by atoms with E-state index >= 15 is 0 Å². The Morgan fingerprint density at radius 1 is 1.29 bits per heavy atom. The Kier molecular flexibility index (Phi) is 6.37. The van der Waals surface area contributed by atoms with Crippen molar-refractivity contribution in [2.75, 3.05) is 5.75 Å². The molecule has 7 nitrogen and oxygen atoms in total. The lowest BCUT2D eigenvalue weighted by Gasteiger charge is -2.25. The van der Waals surface area contributed by atoms with Crippen LogP contribution < -0.4 is 16.0 Å². The van der Waals surface area contributed by atoms with E-state index in [-0.39, 0.29) is 30.4 Å². The summed E-state index contributed by atoms with van der Waals surface area (Å²) in [6, 6.07) is 0.385. The summed E-state index contributed by atoms with van der Waals surface area (Å²) in [6.45, 7) is 3.69. The van der Waals surface area contributed by atoms with E-state index in [1.165, 1.54) is 0 Å². The van der Waals surface area contributed by atoms with Crippen molar-refractivity contribution in [1.29, 1.82) is 0 Å². The lowest BCUT2D eigenvalue weighted by atomic mass is 9.97. The molecule has 0 aromatic rings. The number of carbonyl (C=O) groups is 3. The predicted octanol–water partition coefficient (Wildman–Crippen LogP) is 1.47. The van der Waals surface area contributed by atoms with E-state index in [2.05, 4.69) is 16.0 Å². The predicted molar refractivity (Wildman–Crippen MR) is 93.0 cm³/mol. The molecular weight excluding hydrogens is 330 g/mol. The zero-order chi connectivity index (χ0) is 17.7. The molecule has 136 valence electrons. The van der Waals surface area contributed by atoms with Crippen molar-refractivity contribution < 1.29 is 19.5 Å². The SMILES string of the molecule is CC(C)(CCC(=O)O)NC(=O)CCCC[C@@H]1SC[C@@H]2NC(=O)N[C@@H]21. The Labute approximate surface area is 146 Å². The second-order valence-corrected chi connectivity index (χ2v) is 8.47. The first-order chi connectivity index (χ1) is 11.3. The standard InChI is InChI=1S/C16H27N3O4S/c1-16(2,8-7-13(21)22)19-12(20)6-4-3-5-11-14-10(9-24-11)17-15(23)18-14/h10-11,14H,3-9H2,1-2H3,(H,19,20)(H,21,22)(H2,17,18,23)/t10-,11-,14-/m0/s1. The average Bonchev–Trinajstić information content (AvgIpc) is 3.01. The summed E-state index contributed by atoms with van der Waals surface area (Å²) in [6.07, 6.45) is 3.66. The van der Waals surface area contributed by atoms with Crippen molar-refractivity contribution in [3.63, 3.8) is 0 Å². The van der Waals surface area contributed by atoms with Gasteiger partial charge in [-0.3, -0.25) is 9.59 Å². The van der Waals surface area contributed by atoms with Crippen LogP contribution in [0.5, 0.6) is 0 Å². The van der Waals surface area contributed by atoms with Crippen molar-refractivity contribution in [2.45, 2.75) is 75.2 Å². The van der Waals surface area contributed by atoms with Gasteiger partial charge in [0.1, 0.15) is 0 Å². The monoisotopic (exact) mass is 357 g/mol. The van der Waals surface area contributed by atoms with Crippen molar-refractivity contribution in [1.82, 2.24) is 16.0 Å². The molecule has 2 saturated heterocycles. The van der Waals surface area contributed by atoms with Crippen molar-refractivity contribution in [2.24, 2.45) is 0 Å². The smallest absolute Gasteiger partial charge is 0.315 e. The lowest BCUT2D eigenvalue weighted by Crippen LogP contribution is -2.43. The molecule has 2 aliphatic heterocycles. The third kappa shape index (κ3) is 5.58. The van der Waals surface area contributed by atoms with E-state index in [9.17, 15) is 14.4 Å². The summed E-state index contributed by atoms with van der Waals surface area (Å²) in [5.41, 5.74) is -0.496. The number of rotatable bonds is 9. The van der Waals surface area contributed by atoms with Gasteiger partial charge >= 0.3 is 12.0 Å². The molecule has 0 aromatic carbocycles. The van der Waals surface area contributed by atoms with Crippen molar-refractivity contribution >= 4 is 29.7 Å². The van der Waals surface area contributed by atoms with E-state index in [1.807, 2.05) is 25.6 Å². The third-order valence-corrected chi connectivity index (χ3v) is 6.03. The van der Waals surface area contributed by atoms with Gasteiger partial charge in [0.2, 0.25) is 5.91 Å². The van der Waals surface area contributed by atoms with Gasteiger partial charge in [0.15, 0.2) is 0 Å². The van der Waals surface area contributed by atoms with Gasteiger partial charge in [0, 0.05) is 29.4 Å². The highest BCUT2D eigenvalue weighted by Crippen LogP contribution is 2.33. The number of carboxylic acids is 1. The largest absolute Gasteiger partial charge is 0.481 e. The molecule has 3 amide bonds. The Morgan fingerprint density at radius 2 is 2.04 bits per heavy atom. The molecule has 2 aliphatic rings. The van der Waals surface area contributed by atoms with Crippen LogP contribution in [0.3, 0.4) is 0 Å². The summed E-state index contributed by atoms with van der Waals surface area (Å²) in [5.74, 6) is 0.0724. The van der Waals surface area contributed by atoms with Crippen molar-refractivity contribution in [3.05, 3.63) is 0 Å². The normalized spacial score (nSPS) is 25.8. The molecule has 8 heteroatoms. The number of carboxylic acid groups (broad SMARTS) is 1. The van der Waals surface area contributed by atoms with E-state index in [1.54, 1.807) is 0 Å². The molecule has 4 N–H and O–H groups in total. The zero-order valence-electron chi connectivity index (χ0n) is 14.3. The van der Waals surface area contributed by atoms with Gasteiger partial charge in [-0.25, -0.2) is 4.79 Å². The summed E-state index contributed by atoms with van der Waals surface area (Å²) >= 11 is 1.88. The second-order valence-electron chi connectivity index (χ2n) is 7.19. The Bertz CT molecular complexity index is 498. The number of urea groups is 1. The maximum absolute atomic E-state index is 12.0. The fourth-order valence-corrected chi connectivity index (χ4v) is 4.74. The average molecular weight is 357 g/mol. The highest BCUT2D eigenvalue weighted by molar-refractivity contribution is 8.00. The summed E-state index contributed by atoms with van der Waals surface area (Å²) in [7, 11) is 0. The van der Waals surface area contributed by atoms with Crippen LogP contribution in [0.15, 0.2) is 0 Å². The topological polar surface area (TPSA) is 108 Å². The first-order valence-corrected chi connectivity index (χ1v) is 9.53. The zero-order valence-corrected chi connectivity index (χ0v) is 15.1. The molecule has 2 rings (SSSR count). The maximum Gasteiger partial charge on any atom is 0.315 e.